The van der Waals surface area contributed by atoms with E-state index in [9.17, 15) is 4.79 Å². The van der Waals surface area contributed by atoms with Gasteiger partial charge in [0.25, 0.3) is 0 Å². The van der Waals surface area contributed by atoms with E-state index in [-0.39, 0.29) is 5.97 Å². The molecule has 3 aromatic rings. The molecule has 1 aromatic heterocycles. The molecule has 0 saturated carbocycles. The zero-order chi connectivity index (χ0) is 15.9. The van der Waals surface area contributed by atoms with Gasteiger partial charge in [-0.15, -0.1) is 0 Å². The van der Waals surface area contributed by atoms with Gasteiger partial charge in [0.1, 0.15) is 11.5 Å². The van der Waals surface area contributed by atoms with Crippen molar-refractivity contribution in [1.82, 2.24) is 0 Å². The van der Waals surface area contributed by atoms with Crippen LogP contribution in [0.3, 0.4) is 0 Å². The van der Waals surface area contributed by atoms with Crippen molar-refractivity contribution in [3.8, 4) is 5.75 Å². The van der Waals surface area contributed by atoms with Crippen LogP contribution in [0, 0.1) is 0 Å². The summed E-state index contributed by atoms with van der Waals surface area (Å²) in [4.78, 5) is 12.0. The Morgan fingerprint density at radius 3 is 2.48 bits per heavy atom. The summed E-state index contributed by atoms with van der Waals surface area (Å²) in [6.07, 6.45) is 3.19. The maximum absolute atomic E-state index is 12.0. The van der Waals surface area contributed by atoms with Gasteiger partial charge in [-0.3, -0.25) is 4.79 Å². The van der Waals surface area contributed by atoms with Crippen molar-refractivity contribution in [3.05, 3.63) is 89.9 Å². The number of esters is 1. The topological polar surface area (TPSA) is 39.4 Å². The number of carbonyl (C=O) groups is 1. The third kappa shape index (κ3) is 4.33. The molecule has 0 radical (unpaired) electrons. The van der Waals surface area contributed by atoms with Crippen molar-refractivity contribution in [3.63, 3.8) is 0 Å². The Kier molecular flexibility index (Phi) is 4.89. The lowest BCUT2D eigenvalue weighted by molar-refractivity contribution is -0.134. The second-order valence-corrected chi connectivity index (χ2v) is 5.32. The van der Waals surface area contributed by atoms with Crippen LogP contribution >= 0.6 is 0 Å². The van der Waals surface area contributed by atoms with Crippen LogP contribution in [0.1, 0.15) is 23.3 Å². The number of para-hydroxylation sites is 1. The van der Waals surface area contributed by atoms with Gasteiger partial charge in [0, 0.05) is 12.8 Å². The highest BCUT2D eigenvalue weighted by Crippen LogP contribution is 2.22. The Morgan fingerprint density at radius 1 is 0.913 bits per heavy atom. The lowest BCUT2D eigenvalue weighted by atomic mass is 10.0. The molecule has 3 heteroatoms. The Morgan fingerprint density at radius 2 is 1.70 bits per heavy atom. The van der Waals surface area contributed by atoms with Crippen molar-refractivity contribution >= 4 is 5.97 Å². The molecule has 0 saturated heterocycles. The molecule has 0 aliphatic carbocycles. The van der Waals surface area contributed by atoms with Crippen molar-refractivity contribution in [1.29, 1.82) is 0 Å². The van der Waals surface area contributed by atoms with E-state index in [1.807, 2.05) is 54.6 Å². The molecule has 0 aliphatic heterocycles. The molecule has 0 amide bonds. The molecule has 0 bridgehead atoms. The summed E-state index contributed by atoms with van der Waals surface area (Å²) in [6, 6.07) is 21.5. The van der Waals surface area contributed by atoms with Crippen LogP contribution < -0.4 is 4.74 Å². The van der Waals surface area contributed by atoms with Gasteiger partial charge in [-0.2, -0.15) is 0 Å². The average molecular weight is 306 g/mol. The number of furan rings is 1. The summed E-state index contributed by atoms with van der Waals surface area (Å²) in [5.41, 5.74) is 2.19. The number of carbonyl (C=O) groups excluding carboxylic acids is 1. The Labute approximate surface area is 135 Å². The summed E-state index contributed by atoms with van der Waals surface area (Å²) >= 11 is 0. The first-order valence-electron chi connectivity index (χ1n) is 7.66. The first-order chi connectivity index (χ1) is 11.3. The number of hydrogen-bond donors (Lipinski definition) is 0. The minimum absolute atomic E-state index is 0.248. The number of benzene rings is 2. The van der Waals surface area contributed by atoms with Crippen LogP contribution in [0.25, 0.3) is 0 Å². The minimum Gasteiger partial charge on any atom is -0.469 e. The Balaban J connectivity index is 1.64. The number of rotatable bonds is 6. The van der Waals surface area contributed by atoms with E-state index < -0.39 is 0 Å². The highest BCUT2D eigenvalue weighted by atomic mass is 16.5. The average Bonchev–Trinajstić information content (AvgIpc) is 3.09. The fraction of sp³-hybridized carbons (Fsp3) is 0.150. The molecular formula is C20H18O3. The van der Waals surface area contributed by atoms with E-state index in [0.29, 0.717) is 18.6 Å². The van der Waals surface area contributed by atoms with Gasteiger partial charge >= 0.3 is 5.97 Å². The van der Waals surface area contributed by atoms with Crippen molar-refractivity contribution < 1.29 is 13.9 Å². The molecule has 0 unspecified atom stereocenters. The fourth-order valence-corrected chi connectivity index (χ4v) is 2.42. The van der Waals surface area contributed by atoms with Crippen LogP contribution in [-0.2, 0) is 17.6 Å². The van der Waals surface area contributed by atoms with E-state index in [4.69, 9.17) is 9.15 Å². The molecule has 0 aliphatic rings. The lowest BCUT2D eigenvalue weighted by Crippen LogP contribution is -2.10. The second kappa shape index (κ2) is 7.45. The maximum Gasteiger partial charge on any atom is 0.311 e. The molecule has 0 fully saturated rings. The molecule has 0 spiro atoms. The van der Waals surface area contributed by atoms with E-state index in [2.05, 4.69) is 12.1 Å². The predicted octanol–water partition coefficient (Wildman–Crippen LogP) is 4.41. The molecule has 1 heterocycles. The highest BCUT2D eigenvalue weighted by Gasteiger charge is 2.10. The molecular weight excluding hydrogens is 288 g/mol. The van der Waals surface area contributed by atoms with E-state index in [0.717, 1.165) is 17.7 Å². The van der Waals surface area contributed by atoms with E-state index >= 15 is 0 Å². The van der Waals surface area contributed by atoms with Crippen molar-refractivity contribution in [2.75, 3.05) is 0 Å². The van der Waals surface area contributed by atoms with Crippen LogP contribution in [0.2, 0.25) is 0 Å². The molecule has 2 aromatic carbocycles. The largest absolute Gasteiger partial charge is 0.469 e. The third-order valence-electron chi connectivity index (χ3n) is 3.59. The van der Waals surface area contributed by atoms with Gasteiger partial charge in [-0.05, 0) is 29.3 Å². The smallest absolute Gasteiger partial charge is 0.311 e. The van der Waals surface area contributed by atoms with Crippen LogP contribution in [-0.4, -0.2) is 5.97 Å². The van der Waals surface area contributed by atoms with Crippen LogP contribution in [0.4, 0.5) is 0 Å². The molecule has 116 valence electrons. The quantitative estimate of drug-likeness (QED) is 0.500. The van der Waals surface area contributed by atoms with Gasteiger partial charge in [-0.25, -0.2) is 0 Å². The molecule has 3 nitrogen and oxygen atoms in total. The Hall–Kier alpha value is -2.81. The highest BCUT2D eigenvalue weighted by molar-refractivity contribution is 5.73. The second-order valence-electron chi connectivity index (χ2n) is 5.32. The number of ether oxygens (including phenoxy) is 1. The zero-order valence-electron chi connectivity index (χ0n) is 12.8. The summed E-state index contributed by atoms with van der Waals surface area (Å²) in [7, 11) is 0. The first-order valence-corrected chi connectivity index (χ1v) is 7.66. The monoisotopic (exact) mass is 306 g/mol. The van der Waals surface area contributed by atoms with Gasteiger partial charge in [0.05, 0.1) is 12.7 Å². The van der Waals surface area contributed by atoms with Gasteiger partial charge in [0.2, 0.25) is 0 Å². The molecule has 0 atom stereocenters. The summed E-state index contributed by atoms with van der Waals surface area (Å²) in [5, 5.41) is 0. The third-order valence-corrected chi connectivity index (χ3v) is 3.59. The maximum atomic E-state index is 12.0. The zero-order valence-corrected chi connectivity index (χ0v) is 12.8. The lowest BCUT2D eigenvalue weighted by Gasteiger charge is -2.10. The summed E-state index contributed by atoms with van der Waals surface area (Å²) in [5.74, 6) is 1.17. The SMILES string of the molecule is O=C(CCc1ccco1)Oc1ccccc1Cc1ccccc1. The van der Waals surface area contributed by atoms with E-state index in [1.165, 1.54) is 5.56 Å². The summed E-state index contributed by atoms with van der Waals surface area (Å²) < 4.78 is 10.8. The molecule has 3 rings (SSSR count). The first kappa shape index (κ1) is 15.1. The van der Waals surface area contributed by atoms with E-state index in [1.54, 1.807) is 6.26 Å². The van der Waals surface area contributed by atoms with Crippen LogP contribution in [0.5, 0.6) is 5.75 Å². The normalized spacial score (nSPS) is 10.4. The number of aryl methyl sites for hydroxylation is 1. The number of hydrogen-bond acceptors (Lipinski definition) is 3. The van der Waals surface area contributed by atoms with Crippen LogP contribution in [0.15, 0.2) is 77.4 Å². The minimum atomic E-state index is -0.248. The van der Waals surface area contributed by atoms with Gasteiger partial charge in [0.15, 0.2) is 0 Å². The summed E-state index contributed by atoms with van der Waals surface area (Å²) in [6.45, 7) is 0. The fourth-order valence-electron chi connectivity index (χ4n) is 2.42. The van der Waals surface area contributed by atoms with Crippen molar-refractivity contribution in [2.24, 2.45) is 0 Å². The van der Waals surface area contributed by atoms with Crippen molar-refractivity contribution in [2.45, 2.75) is 19.3 Å². The standard InChI is InChI=1S/C20H18O3/c21-20(13-12-18-10-6-14-22-18)23-19-11-5-4-9-17(19)15-16-7-2-1-3-8-16/h1-11,14H,12-13,15H2. The predicted molar refractivity (Wildman–Crippen MR) is 88.4 cm³/mol. The van der Waals surface area contributed by atoms with Gasteiger partial charge in [-0.1, -0.05) is 48.5 Å². The van der Waals surface area contributed by atoms with Gasteiger partial charge < -0.3 is 9.15 Å². The Bertz CT molecular complexity index is 746. The molecule has 23 heavy (non-hydrogen) atoms. The molecule has 0 N–H and O–H groups in total.